The van der Waals surface area contributed by atoms with Gasteiger partial charge in [0.15, 0.2) is 5.69 Å². The molecular weight excluding hydrogens is 410 g/mol. The molecule has 0 spiro atoms. The van der Waals surface area contributed by atoms with E-state index < -0.39 is 17.9 Å². The van der Waals surface area contributed by atoms with Crippen LogP contribution in [0, 0.1) is 0 Å². The van der Waals surface area contributed by atoms with Crippen molar-refractivity contribution in [1.29, 1.82) is 0 Å². The highest BCUT2D eigenvalue weighted by molar-refractivity contribution is 7.09. The number of nitrogens with one attached hydrogen (secondary N) is 1. The number of likely N-dealkylation sites (N-methyl/N-ethyl adjacent to an activating group) is 1. The Morgan fingerprint density at radius 3 is 2.60 bits per heavy atom. The first kappa shape index (κ1) is 22.4. The third-order valence-electron chi connectivity index (χ3n) is 5.42. The van der Waals surface area contributed by atoms with Crippen molar-refractivity contribution in [2.24, 2.45) is 5.73 Å². The van der Waals surface area contributed by atoms with Crippen molar-refractivity contribution in [3.05, 3.63) is 10.6 Å². The molecule has 0 aromatic carbocycles. The van der Waals surface area contributed by atoms with Crippen LogP contribution in [0.3, 0.4) is 0 Å². The molecule has 5 N–H and O–H groups in total. The van der Waals surface area contributed by atoms with Gasteiger partial charge in [-0.3, -0.25) is 19.4 Å². The Bertz CT molecular complexity index is 787. The van der Waals surface area contributed by atoms with Gasteiger partial charge in [0.25, 0.3) is 11.8 Å². The Morgan fingerprint density at radius 1 is 1.33 bits per heavy atom. The molecule has 11 nitrogen and oxygen atoms in total. The number of carbonyl (C=O) groups is 3. The molecule has 2 aliphatic heterocycles. The standard InChI is InChI=1S/C18H29N7O4S/c1-11(17(27)21-10-12-4-3-9-29-12)25(24-7-5-23(2)6-8-24)18(28)15-13(19)14(16(20)26)22-30-15/h11-12H,3-10,19H2,1-2H3,(H2,20,26)(H,21,27)/t11-,12-/m0/s1. The van der Waals surface area contributed by atoms with Crippen molar-refractivity contribution in [3.63, 3.8) is 0 Å². The van der Waals surface area contributed by atoms with Gasteiger partial charge >= 0.3 is 0 Å². The molecule has 2 saturated heterocycles. The summed E-state index contributed by atoms with van der Waals surface area (Å²) in [7, 11) is 2.00. The molecule has 0 radical (unpaired) electrons. The molecule has 2 aliphatic rings. The first-order valence-corrected chi connectivity index (χ1v) is 10.8. The summed E-state index contributed by atoms with van der Waals surface area (Å²) < 4.78 is 9.47. The van der Waals surface area contributed by atoms with Gasteiger partial charge in [-0.2, -0.15) is 4.37 Å². The van der Waals surface area contributed by atoms with E-state index in [0.717, 1.165) is 37.5 Å². The zero-order valence-electron chi connectivity index (χ0n) is 17.3. The lowest BCUT2D eigenvalue weighted by atomic mass is 10.2. The number of nitrogens with zero attached hydrogens (tertiary/aromatic N) is 4. The van der Waals surface area contributed by atoms with Gasteiger partial charge in [-0.25, -0.2) is 5.01 Å². The number of primary amides is 1. The van der Waals surface area contributed by atoms with E-state index in [0.29, 0.717) is 26.2 Å². The fourth-order valence-electron chi connectivity index (χ4n) is 3.57. The largest absolute Gasteiger partial charge is 0.395 e. The number of hydrogen-bond acceptors (Lipinski definition) is 9. The number of anilines is 1. The fraction of sp³-hybridized carbons (Fsp3) is 0.667. The Kier molecular flexibility index (Phi) is 7.23. The summed E-state index contributed by atoms with van der Waals surface area (Å²) in [6, 6.07) is -0.777. The monoisotopic (exact) mass is 439 g/mol. The molecule has 1 aromatic heterocycles. The molecule has 0 unspecified atom stereocenters. The SMILES string of the molecule is C[C@@H](C(=O)NC[C@@H]1CCCO1)N(C(=O)c1snc(C(N)=O)c1N)N1CCN(C)CC1. The van der Waals surface area contributed by atoms with Gasteiger partial charge in [-0.05, 0) is 38.3 Å². The molecule has 2 atom stereocenters. The van der Waals surface area contributed by atoms with Gasteiger partial charge in [0.05, 0.1) is 11.8 Å². The van der Waals surface area contributed by atoms with Crippen LogP contribution in [0.15, 0.2) is 0 Å². The zero-order valence-corrected chi connectivity index (χ0v) is 18.1. The summed E-state index contributed by atoms with van der Waals surface area (Å²) in [5.74, 6) is -1.55. The van der Waals surface area contributed by atoms with Gasteiger partial charge in [0.2, 0.25) is 5.91 Å². The second kappa shape index (κ2) is 9.69. The maximum Gasteiger partial charge on any atom is 0.282 e. The second-order valence-corrected chi connectivity index (χ2v) is 8.37. The lowest BCUT2D eigenvalue weighted by molar-refractivity contribution is -0.133. The van der Waals surface area contributed by atoms with Crippen LogP contribution in [0.1, 0.15) is 39.9 Å². The number of ether oxygens (including phenoxy) is 1. The minimum Gasteiger partial charge on any atom is -0.395 e. The van der Waals surface area contributed by atoms with Crippen LogP contribution in [0.25, 0.3) is 0 Å². The number of hydrazine groups is 1. The van der Waals surface area contributed by atoms with E-state index in [9.17, 15) is 14.4 Å². The highest BCUT2D eigenvalue weighted by atomic mass is 32.1. The van der Waals surface area contributed by atoms with E-state index in [1.54, 1.807) is 6.92 Å². The number of hydrogen-bond donors (Lipinski definition) is 3. The summed E-state index contributed by atoms with van der Waals surface area (Å²) in [4.78, 5) is 40.0. The third-order valence-corrected chi connectivity index (χ3v) is 6.27. The van der Waals surface area contributed by atoms with Crippen molar-refractivity contribution in [1.82, 2.24) is 24.6 Å². The molecule has 0 bridgehead atoms. The quantitative estimate of drug-likeness (QED) is 0.496. The lowest BCUT2D eigenvalue weighted by Crippen LogP contribution is -2.60. The molecule has 2 fully saturated rings. The predicted octanol–water partition coefficient (Wildman–Crippen LogP) is -0.887. The van der Waals surface area contributed by atoms with E-state index in [4.69, 9.17) is 16.2 Å². The average Bonchev–Trinajstić information content (AvgIpc) is 3.37. The van der Waals surface area contributed by atoms with Crippen LogP contribution in [-0.4, -0.2) is 95.5 Å². The number of nitrogens with two attached hydrogens (primary N) is 2. The summed E-state index contributed by atoms with van der Waals surface area (Å²) >= 11 is 0.813. The molecular formula is C18H29N7O4S. The van der Waals surface area contributed by atoms with Crippen LogP contribution < -0.4 is 16.8 Å². The lowest BCUT2D eigenvalue weighted by Gasteiger charge is -2.42. The Balaban J connectivity index is 1.79. The first-order valence-electron chi connectivity index (χ1n) is 10.0. The highest BCUT2D eigenvalue weighted by Crippen LogP contribution is 2.25. The minimum absolute atomic E-state index is 0.00389. The zero-order chi connectivity index (χ0) is 21.8. The summed E-state index contributed by atoms with van der Waals surface area (Å²) in [6.07, 6.45) is 1.89. The van der Waals surface area contributed by atoms with Crippen molar-refractivity contribution in [2.75, 3.05) is 52.1 Å². The van der Waals surface area contributed by atoms with Crippen molar-refractivity contribution in [2.45, 2.75) is 31.9 Å². The number of nitrogen functional groups attached to an aromatic ring is 1. The van der Waals surface area contributed by atoms with Crippen molar-refractivity contribution in [3.8, 4) is 0 Å². The van der Waals surface area contributed by atoms with Gasteiger partial charge in [-0.1, -0.05) is 0 Å². The van der Waals surface area contributed by atoms with E-state index in [-0.39, 0.29) is 28.3 Å². The first-order chi connectivity index (χ1) is 14.3. The number of aromatic nitrogens is 1. The molecule has 3 heterocycles. The Morgan fingerprint density at radius 2 is 2.03 bits per heavy atom. The van der Waals surface area contributed by atoms with E-state index >= 15 is 0 Å². The van der Waals surface area contributed by atoms with Gasteiger partial charge in [0, 0.05) is 39.3 Å². The fourth-order valence-corrected chi connectivity index (χ4v) is 4.31. The number of piperazine rings is 1. The minimum atomic E-state index is -0.795. The number of carbonyl (C=O) groups excluding carboxylic acids is 3. The average molecular weight is 440 g/mol. The van der Waals surface area contributed by atoms with E-state index in [1.807, 2.05) is 12.1 Å². The normalized spacial score (nSPS) is 21.3. The predicted molar refractivity (Wildman–Crippen MR) is 112 cm³/mol. The maximum absolute atomic E-state index is 13.4. The summed E-state index contributed by atoms with van der Waals surface area (Å²) in [6.45, 7) is 5.43. The molecule has 166 valence electrons. The van der Waals surface area contributed by atoms with Crippen molar-refractivity contribution >= 4 is 34.9 Å². The van der Waals surface area contributed by atoms with Gasteiger partial charge in [0.1, 0.15) is 10.9 Å². The topological polar surface area (TPSA) is 147 Å². The van der Waals surface area contributed by atoms with E-state index in [1.165, 1.54) is 5.01 Å². The number of rotatable bonds is 7. The van der Waals surface area contributed by atoms with Gasteiger partial charge in [-0.15, -0.1) is 0 Å². The molecule has 12 heteroatoms. The smallest absolute Gasteiger partial charge is 0.282 e. The maximum atomic E-state index is 13.4. The van der Waals surface area contributed by atoms with Crippen LogP contribution in [0.2, 0.25) is 0 Å². The molecule has 3 rings (SSSR count). The second-order valence-electron chi connectivity index (χ2n) is 7.60. The van der Waals surface area contributed by atoms with Crippen LogP contribution in [0.5, 0.6) is 0 Å². The van der Waals surface area contributed by atoms with Crippen LogP contribution >= 0.6 is 11.5 Å². The van der Waals surface area contributed by atoms with Crippen LogP contribution in [-0.2, 0) is 9.53 Å². The Labute approximate surface area is 179 Å². The highest BCUT2D eigenvalue weighted by Gasteiger charge is 2.36. The van der Waals surface area contributed by atoms with E-state index in [2.05, 4.69) is 14.6 Å². The summed E-state index contributed by atoms with van der Waals surface area (Å²) in [5.41, 5.74) is 11.1. The molecule has 1 aromatic rings. The molecule has 0 aliphatic carbocycles. The molecule has 0 saturated carbocycles. The van der Waals surface area contributed by atoms with Gasteiger partial charge < -0.3 is 26.4 Å². The number of amides is 3. The Hall–Kier alpha value is -2.28. The summed E-state index contributed by atoms with van der Waals surface area (Å²) in [5, 5.41) is 6.16. The molecule has 3 amide bonds. The molecule has 30 heavy (non-hydrogen) atoms. The van der Waals surface area contributed by atoms with Crippen molar-refractivity contribution < 1.29 is 19.1 Å². The third kappa shape index (κ3) is 4.89. The van der Waals surface area contributed by atoms with Crippen LogP contribution in [0.4, 0.5) is 5.69 Å².